The van der Waals surface area contributed by atoms with Crippen LogP contribution < -0.4 is 11.5 Å². The molecule has 1 amide bonds. The van der Waals surface area contributed by atoms with Gasteiger partial charge in [0.2, 0.25) is 5.90 Å². The number of nitrogen functional groups attached to an aromatic ring is 1. The van der Waals surface area contributed by atoms with Gasteiger partial charge in [-0.3, -0.25) is 10.2 Å². The van der Waals surface area contributed by atoms with Crippen LogP contribution in [0.2, 0.25) is 0 Å². The molecule has 2 aromatic rings. The van der Waals surface area contributed by atoms with Crippen molar-refractivity contribution in [1.29, 1.82) is 5.41 Å². The quantitative estimate of drug-likeness (QED) is 0.439. The molecule has 1 aliphatic heterocycles. The third-order valence-corrected chi connectivity index (χ3v) is 6.26. The number of nitrogens with one attached hydrogen (secondary N) is 1. The molecule has 1 aromatic carbocycles. The third kappa shape index (κ3) is 5.03. The van der Waals surface area contributed by atoms with Gasteiger partial charge in [0.25, 0.3) is 5.91 Å². The summed E-state index contributed by atoms with van der Waals surface area (Å²) in [5, 5.41) is 9.02. The number of fused-ring (bicyclic) bond motifs is 1. The van der Waals surface area contributed by atoms with E-state index in [1.54, 1.807) is 0 Å². The summed E-state index contributed by atoms with van der Waals surface area (Å²) in [4.78, 5) is 15.5. The van der Waals surface area contributed by atoms with Crippen LogP contribution in [-0.2, 0) is 11.3 Å². The van der Waals surface area contributed by atoms with Crippen LogP contribution in [0.1, 0.15) is 62.5 Å². The van der Waals surface area contributed by atoms with Crippen molar-refractivity contribution in [2.24, 2.45) is 17.6 Å². The van der Waals surface area contributed by atoms with Crippen LogP contribution >= 0.6 is 0 Å². The van der Waals surface area contributed by atoms with E-state index in [1.807, 2.05) is 30.0 Å². The van der Waals surface area contributed by atoms with Crippen LogP contribution in [0.3, 0.4) is 0 Å². The smallest absolute Gasteiger partial charge is 0.272 e. The highest BCUT2D eigenvalue weighted by molar-refractivity contribution is 6.09. The van der Waals surface area contributed by atoms with Crippen LogP contribution in [0.4, 0.5) is 5.69 Å². The number of carbonyl (C=O) groups excluding carboxylic acids is 1. The van der Waals surface area contributed by atoms with E-state index in [1.165, 1.54) is 0 Å². The molecule has 0 bridgehead atoms. The first-order valence-electron chi connectivity index (χ1n) is 11.5. The summed E-state index contributed by atoms with van der Waals surface area (Å²) in [6, 6.07) is 5.67. The highest BCUT2D eigenvalue weighted by Crippen LogP contribution is 2.32. The number of anilines is 1. The molecule has 1 aliphatic rings. The average Bonchev–Trinajstić information content (AvgIpc) is 3.03. The van der Waals surface area contributed by atoms with Crippen molar-refractivity contribution in [3.05, 3.63) is 29.5 Å². The summed E-state index contributed by atoms with van der Waals surface area (Å²) in [6.07, 6.45) is 3.94. The fraction of sp³-hybridized carbons (Fsp3) is 0.583. The first-order valence-corrected chi connectivity index (χ1v) is 11.5. The van der Waals surface area contributed by atoms with Crippen molar-refractivity contribution < 1.29 is 9.53 Å². The van der Waals surface area contributed by atoms with Gasteiger partial charge in [-0.05, 0) is 69.2 Å². The molecule has 0 aliphatic carbocycles. The Morgan fingerprint density at radius 2 is 2.00 bits per heavy atom. The molecule has 1 aromatic heterocycles. The monoisotopic (exact) mass is 427 g/mol. The predicted molar refractivity (Wildman–Crippen MR) is 127 cm³/mol. The maximum Gasteiger partial charge on any atom is 0.272 e. The number of aromatic nitrogens is 1. The number of benzene rings is 1. The lowest BCUT2D eigenvalue weighted by molar-refractivity contribution is 0.0678. The van der Waals surface area contributed by atoms with Gasteiger partial charge < -0.3 is 25.7 Å². The summed E-state index contributed by atoms with van der Waals surface area (Å²) >= 11 is 0. The molecular formula is C24H37N5O2. The number of piperidine rings is 1. The van der Waals surface area contributed by atoms with Gasteiger partial charge in [-0.1, -0.05) is 13.8 Å². The second kappa shape index (κ2) is 10.2. The van der Waals surface area contributed by atoms with Crippen LogP contribution in [0.25, 0.3) is 10.9 Å². The van der Waals surface area contributed by atoms with Gasteiger partial charge in [-0.25, -0.2) is 0 Å². The summed E-state index contributed by atoms with van der Waals surface area (Å²) in [5.41, 5.74) is 14.9. The molecule has 0 atom stereocenters. The lowest BCUT2D eigenvalue weighted by Crippen LogP contribution is -2.40. The topological polar surface area (TPSA) is 110 Å². The minimum absolute atomic E-state index is 0.00471. The largest absolute Gasteiger partial charge is 0.478 e. The second-order valence-electron chi connectivity index (χ2n) is 8.90. The Morgan fingerprint density at radius 3 is 2.61 bits per heavy atom. The standard InChI is InChI=1S/C24H37N5O2/c1-4-31-23(27)18-5-6-19-20(15-18)29(14-8-16(2)3)22(21(19)26)24(30)28-12-9-17(7-11-25)10-13-28/h5-6,15-17,27H,4,7-14,25-26H2,1-3H3. The Labute approximate surface area is 185 Å². The fourth-order valence-electron chi connectivity index (χ4n) is 4.41. The Morgan fingerprint density at radius 1 is 1.29 bits per heavy atom. The summed E-state index contributed by atoms with van der Waals surface area (Å²) in [6.45, 7) is 9.56. The zero-order chi connectivity index (χ0) is 22.5. The molecule has 0 saturated carbocycles. The predicted octanol–water partition coefficient (Wildman–Crippen LogP) is 3.83. The Bertz CT molecular complexity index is 926. The Balaban J connectivity index is 1.98. The number of hydrogen-bond donors (Lipinski definition) is 3. The molecule has 31 heavy (non-hydrogen) atoms. The highest BCUT2D eigenvalue weighted by atomic mass is 16.5. The van der Waals surface area contributed by atoms with E-state index in [4.69, 9.17) is 21.6 Å². The van der Waals surface area contributed by atoms with Crippen molar-refractivity contribution in [3.63, 3.8) is 0 Å². The molecule has 5 N–H and O–H groups in total. The molecule has 7 nitrogen and oxygen atoms in total. The molecule has 0 radical (unpaired) electrons. The zero-order valence-corrected chi connectivity index (χ0v) is 19.1. The van der Waals surface area contributed by atoms with Gasteiger partial charge in [0.15, 0.2) is 0 Å². The molecule has 2 heterocycles. The third-order valence-electron chi connectivity index (χ3n) is 6.26. The van der Waals surface area contributed by atoms with E-state index >= 15 is 0 Å². The van der Waals surface area contributed by atoms with Gasteiger partial charge in [0, 0.05) is 30.6 Å². The molecule has 1 fully saturated rings. The van der Waals surface area contributed by atoms with E-state index in [9.17, 15) is 4.79 Å². The van der Waals surface area contributed by atoms with E-state index < -0.39 is 0 Å². The molecule has 1 saturated heterocycles. The number of aryl methyl sites for hydroxylation is 1. The van der Waals surface area contributed by atoms with Gasteiger partial charge in [-0.2, -0.15) is 0 Å². The number of likely N-dealkylation sites (tertiary alicyclic amines) is 1. The number of nitrogens with two attached hydrogens (primary N) is 2. The Kier molecular flexibility index (Phi) is 7.59. The summed E-state index contributed by atoms with van der Waals surface area (Å²) < 4.78 is 7.44. The lowest BCUT2D eigenvalue weighted by atomic mass is 9.93. The van der Waals surface area contributed by atoms with Crippen LogP contribution in [-0.4, -0.2) is 47.5 Å². The molecule has 170 valence electrons. The van der Waals surface area contributed by atoms with Crippen LogP contribution in [0.5, 0.6) is 0 Å². The fourth-order valence-corrected chi connectivity index (χ4v) is 4.41. The number of nitrogens with zero attached hydrogens (tertiary/aromatic N) is 2. The van der Waals surface area contributed by atoms with Crippen LogP contribution in [0, 0.1) is 17.2 Å². The normalized spacial score (nSPS) is 15.1. The SMILES string of the molecule is CCOC(=N)c1ccc2c(N)c(C(=O)N3CCC(CCN)CC3)n(CCC(C)C)c2c1. The molecule has 0 spiro atoms. The minimum atomic E-state index is 0.00471. The minimum Gasteiger partial charge on any atom is -0.478 e. The maximum atomic E-state index is 13.6. The second-order valence-corrected chi connectivity index (χ2v) is 8.90. The van der Waals surface area contributed by atoms with Crippen LogP contribution in [0.15, 0.2) is 18.2 Å². The number of hydrogen-bond acceptors (Lipinski definition) is 5. The van der Waals surface area contributed by atoms with Gasteiger partial charge in [0.1, 0.15) is 5.69 Å². The van der Waals surface area contributed by atoms with Gasteiger partial charge in [0.05, 0.1) is 17.8 Å². The Hall–Kier alpha value is -2.54. The van der Waals surface area contributed by atoms with E-state index in [2.05, 4.69) is 18.4 Å². The van der Waals surface area contributed by atoms with Crippen molar-refractivity contribution in [2.45, 2.75) is 53.0 Å². The number of amides is 1. The van der Waals surface area contributed by atoms with Gasteiger partial charge >= 0.3 is 0 Å². The van der Waals surface area contributed by atoms with E-state index in [0.717, 1.165) is 49.7 Å². The highest BCUT2D eigenvalue weighted by Gasteiger charge is 2.29. The summed E-state index contributed by atoms with van der Waals surface area (Å²) in [5.74, 6) is 1.24. The maximum absolute atomic E-state index is 13.6. The molecule has 0 unspecified atom stereocenters. The first kappa shape index (κ1) is 23.1. The van der Waals surface area contributed by atoms with Crippen molar-refractivity contribution in [3.8, 4) is 0 Å². The first-order chi connectivity index (χ1) is 14.9. The van der Waals surface area contributed by atoms with Gasteiger partial charge in [-0.15, -0.1) is 0 Å². The molecule has 7 heteroatoms. The molecule has 3 rings (SSSR count). The number of carbonyl (C=O) groups is 1. The zero-order valence-electron chi connectivity index (χ0n) is 19.1. The van der Waals surface area contributed by atoms with Crippen molar-refractivity contribution >= 4 is 28.4 Å². The summed E-state index contributed by atoms with van der Waals surface area (Å²) in [7, 11) is 0. The van der Waals surface area contributed by atoms with Crippen molar-refractivity contribution in [2.75, 3.05) is 32.0 Å². The lowest BCUT2D eigenvalue weighted by Gasteiger charge is -2.32. The number of rotatable bonds is 8. The van der Waals surface area contributed by atoms with E-state index in [0.29, 0.717) is 48.5 Å². The molecular weight excluding hydrogens is 390 g/mol. The average molecular weight is 428 g/mol. The van der Waals surface area contributed by atoms with E-state index in [-0.39, 0.29) is 11.8 Å². The number of ether oxygens (including phenoxy) is 1. The van der Waals surface area contributed by atoms with Crippen molar-refractivity contribution in [1.82, 2.24) is 9.47 Å².